The van der Waals surface area contributed by atoms with Crippen LogP contribution in [0.2, 0.25) is 0 Å². The van der Waals surface area contributed by atoms with E-state index in [1.165, 1.54) is 5.69 Å². The Balaban J connectivity index is 2.87. The van der Waals surface area contributed by atoms with E-state index in [2.05, 4.69) is 18.8 Å². The van der Waals surface area contributed by atoms with Crippen LogP contribution in [0.3, 0.4) is 0 Å². The molecule has 1 N–H and O–H groups in total. The Labute approximate surface area is 79.4 Å². The minimum atomic E-state index is -0.302. The minimum Gasteiger partial charge on any atom is -0.392 e. The standard InChI is InChI=1S/C10H18N2O/c1-4-9-10(5-2)12(7-11-9)6-8(3)13/h7-8,13H,4-6H2,1-3H3. The van der Waals surface area contributed by atoms with E-state index in [4.69, 9.17) is 0 Å². The number of aryl methyl sites for hydroxylation is 1. The van der Waals surface area contributed by atoms with Crippen LogP contribution < -0.4 is 0 Å². The summed E-state index contributed by atoms with van der Waals surface area (Å²) >= 11 is 0. The maximum Gasteiger partial charge on any atom is 0.0952 e. The zero-order valence-corrected chi connectivity index (χ0v) is 8.62. The molecule has 0 aliphatic heterocycles. The lowest BCUT2D eigenvalue weighted by atomic mass is 10.2. The maximum atomic E-state index is 9.26. The molecule has 3 heteroatoms. The van der Waals surface area contributed by atoms with Crippen molar-refractivity contribution in [2.45, 2.75) is 46.3 Å². The topological polar surface area (TPSA) is 38.0 Å². The third-order valence-electron chi connectivity index (χ3n) is 2.16. The Morgan fingerprint density at radius 3 is 2.62 bits per heavy atom. The minimum absolute atomic E-state index is 0.302. The van der Waals surface area contributed by atoms with E-state index in [9.17, 15) is 5.11 Å². The van der Waals surface area contributed by atoms with Gasteiger partial charge in [-0.3, -0.25) is 0 Å². The van der Waals surface area contributed by atoms with Crippen molar-refractivity contribution in [3.8, 4) is 0 Å². The lowest BCUT2D eigenvalue weighted by Gasteiger charge is -2.09. The van der Waals surface area contributed by atoms with Crippen LogP contribution in [0.1, 0.15) is 32.2 Å². The average Bonchev–Trinajstić information content (AvgIpc) is 2.45. The number of nitrogens with zero attached hydrogens (tertiary/aromatic N) is 2. The Morgan fingerprint density at radius 2 is 2.15 bits per heavy atom. The highest BCUT2D eigenvalue weighted by Gasteiger charge is 2.08. The lowest BCUT2D eigenvalue weighted by molar-refractivity contribution is 0.172. The fraction of sp³-hybridized carbons (Fsp3) is 0.700. The highest BCUT2D eigenvalue weighted by atomic mass is 16.3. The van der Waals surface area contributed by atoms with Gasteiger partial charge >= 0.3 is 0 Å². The molecule has 3 nitrogen and oxygen atoms in total. The van der Waals surface area contributed by atoms with Crippen LogP contribution in [0.4, 0.5) is 0 Å². The summed E-state index contributed by atoms with van der Waals surface area (Å²) in [5, 5.41) is 9.26. The van der Waals surface area contributed by atoms with Gasteiger partial charge in [0.1, 0.15) is 0 Å². The molecule has 0 aromatic carbocycles. The zero-order valence-electron chi connectivity index (χ0n) is 8.62. The third kappa shape index (κ3) is 2.31. The molecule has 0 radical (unpaired) electrons. The van der Waals surface area contributed by atoms with Gasteiger partial charge in [0.05, 0.1) is 18.1 Å². The molecule has 1 unspecified atom stereocenters. The number of aliphatic hydroxyl groups is 1. The fourth-order valence-corrected chi connectivity index (χ4v) is 1.59. The Morgan fingerprint density at radius 1 is 1.46 bits per heavy atom. The smallest absolute Gasteiger partial charge is 0.0952 e. The molecule has 0 aliphatic rings. The molecule has 74 valence electrons. The van der Waals surface area contributed by atoms with Gasteiger partial charge in [-0.25, -0.2) is 4.98 Å². The Kier molecular flexibility index (Phi) is 3.48. The van der Waals surface area contributed by atoms with Gasteiger partial charge < -0.3 is 9.67 Å². The normalized spacial score (nSPS) is 13.2. The number of aliphatic hydroxyl groups excluding tert-OH is 1. The maximum absolute atomic E-state index is 9.26. The van der Waals surface area contributed by atoms with Gasteiger partial charge in [0, 0.05) is 12.2 Å². The van der Waals surface area contributed by atoms with E-state index in [0.29, 0.717) is 6.54 Å². The van der Waals surface area contributed by atoms with Gasteiger partial charge in [-0.15, -0.1) is 0 Å². The van der Waals surface area contributed by atoms with Crippen molar-refractivity contribution in [1.29, 1.82) is 0 Å². The van der Waals surface area contributed by atoms with Gasteiger partial charge in [-0.1, -0.05) is 13.8 Å². The van der Waals surface area contributed by atoms with Gasteiger partial charge in [0.2, 0.25) is 0 Å². The molecule has 1 atom stereocenters. The summed E-state index contributed by atoms with van der Waals surface area (Å²) in [5.41, 5.74) is 2.41. The number of rotatable bonds is 4. The monoisotopic (exact) mass is 182 g/mol. The predicted octanol–water partition coefficient (Wildman–Crippen LogP) is 1.39. The van der Waals surface area contributed by atoms with Crippen LogP contribution in [-0.4, -0.2) is 20.8 Å². The van der Waals surface area contributed by atoms with Crippen molar-refractivity contribution in [2.24, 2.45) is 0 Å². The molecule has 13 heavy (non-hydrogen) atoms. The summed E-state index contributed by atoms with van der Waals surface area (Å²) in [6.45, 7) is 6.67. The van der Waals surface area contributed by atoms with Crippen molar-refractivity contribution in [3.63, 3.8) is 0 Å². The van der Waals surface area contributed by atoms with Gasteiger partial charge in [0.25, 0.3) is 0 Å². The molecule has 0 aliphatic carbocycles. The molecule has 1 aromatic rings. The van der Waals surface area contributed by atoms with E-state index in [1.54, 1.807) is 6.92 Å². The summed E-state index contributed by atoms with van der Waals surface area (Å²) in [6, 6.07) is 0. The van der Waals surface area contributed by atoms with E-state index >= 15 is 0 Å². The predicted molar refractivity (Wildman–Crippen MR) is 52.7 cm³/mol. The summed E-state index contributed by atoms with van der Waals surface area (Å²) in [6.07, 6.45) is 3.47. The zero-order chi connectivity index (χ0) is 9.84. The van der Waals surface area contributed by atoms with Crippen molar-refractivity contribution >= 4 is 0 Å². The first-order chi connectivity index (χ1) is 6.19. The summed E-state index contributed by atoms with van der Waals surface area (Å²) in [5.74, 6) is 0. The van der Waals surface area contributed by atoms with Crippen LogP contribution in [0.5, 0.6) is 0 Å². The van der Waals surface area contributed by atoms with E-state index < -0.39 is 0 Å². The van der Waals surface area contributed by atoms with Crippen molar-refractivity contribution in [2.75, 3.05) is 0 Å². The molecule has 0 bridgehead atoms. The molecule has 1 aromatic heterocycles. The molecule has 1 rings (SSSR count). The second kappa shape index (κ2) is 4.42. The van der Waals surface area contributed by atoms with Crippen LogP contribution in [-0.2, 0) is 19.4 Å². The first-order valence-electron chi connectivity index (χ1n) is 4.89. The largest absolute Gasteiger partial charge is 0.392 e. The quantitative estimate of drug-likeness (QED) is 0.764. The number of aromatic nitrogens is 2. The highest BCUT2D eigenvalue weighted by Crippen LogP contribution is 2.09. The fourth-order valence-electron chi connectivity index (χ4n) is 1.59. The van der Waals surface area contributed by atoms with Crippen LogP contribution in [0.15, 0.2) is 6.33 Å². The molecule has 1 heterocycles. The van der Waals surface area contributed by atoms with E-state index in [1.807, 2.05) is 10.9 Å². The SMILES string of the molecule is CCc1ncn(CC(C)O)c1CC. The first-order valence-corrected chi connectivity index (χ1v) is 4.89. The van der Waals surface area contributed by atoms with Gasteiger partial charge in [-0.05, 0) is 19.8 Å². The Bertz CT molecular complexity index is 266. The molecular formula is C10H18N2O. The molecule has 0 spiro atoms. The number of imidazole rings is 1. The molecular weight excluding hydrogens is 164 g/mol. The molecule has 0 saturated heterocycles. The van der Waals surface area contributed by atoms with Gasteiger partial charge in [-0.2, -0.15) is 0 Å². The summed E-state index contributed by atoms with van der Waals surface area (Å²) < 4.78 is 2.05. The Hall–Kier alpha value is -0.830. The van der Waals surface area contributed by atoms with Gasteiger partial charge in [0.15, 0.2) is 0 Å². The van der Waals surface area contributed by atoms with E-state index in [-0.39, 0.29) is 6.10 Å². The summed E-state index contributed by atoms with van der Waals surface area (Å²) in [4.78, 5) is 4.31. The lowest BCUT2D eigenvalue weighted by Crippen LogP contribution is -2.13. The summed E-state index contributed by atoms with van der Waals surface area (Å²) in [7, 11) is 0. The number of hydrogen-bond acceptors (Lipinski definition) is 2. The van der Waals surface area contributed by atoms with Crippen LogP contribution in [0.25, 0.3) is 0 Å². The molecule has 0 amide bonds. The molecule has 0 saturated carbocycles. The molecule has 0 fully saturated rings. The van der Waals surface area contributed by atoms with E-state index in [0.717, 1.165) is 18.5 Å². The second-order valence-corrected chi connectivity index (χ2v) is 3.35. The third-order valence-corrected chi connectivity index (χ3v) is 2.16. The van der Waals surface area contributed by atoms with Crippen LogP contribution >= 0.6 is 0 Å². The highest BCUT2D eigenvalue weighted by molar-refractivity contribution is 5.13. The number of hydrogen-bond donors (Lipinski definition) is 1. The van der Waals surface area contributed by atoms with Crippen molar-refractivity contribution in [1.82, 2.24) is 9.55 Å². The second-order valence-electron chi connectivity index (χ2n) is 3.35. The van der Waals surface area contributed by atoms with Crippen LogP contribution in [0, 0.1) is 0 Å². The first kappa shape index (κ1) is 10.3. The average molecular weight is 182 g/mol. The van der Waals surface area contributed by atoms with Crippen molar-refractivity contribution in [3.05, 3.63) is 17.7 Å². The van der Waals surface area contributed by atoms with Crippen molar-refractivity contribution < 1.29 is 5.11 Å².